The summed E-state index contributed by atoms with van der Waals surface area (Å²) < 4.78 is 7.54. The first kappa shape index (κ1) is 17.2. The fourth-order valence-corrected chi connectivity index (χ4v) is 2.72. The third-order valence-corrected chi connectivity index (χ3v) is 4.06. The molecule has 0 N–H and O–H groups in total. The number of rotatable bonds is 9. The molecule has 0 bridgehead atoms. The van der Waals surface area contributed by atoms with Gasteiger partial charge in [0.1, 0.15) is 5.75 Å². The van der Waals surface area contributed by atoms with Crippen molar-refractivity contribution in [2.24, 2.45) is 0 Å². The van der Waals surface area contributed by atoms with Gasteiger partial charge in [-0.3, -0.25) is 4.79 Å². The Morgan fingerprint density at radius 3 is 2.45 bits per heavy atom. The molecule has 22 heavy (non-hydrogen) atoms. The molecule has 0 unspecified atom stereocenters. The van der Waals surface area contributed by atoms with Gasteiger partial charge in [-0.05, 0) is 49.3 Å². The van der Waals surface area contributed by atoms with Crippen LogP contribution >= 0.6 is 23.2 Å². The average molecular weight is 342 g/mol. The smallest absolute Gasteiger partial charge is 0.251 e. The molecule has 0 radical (unpaired) electrons. The third-order valence-electron chi connectivity index (χ3n) is 3.53. The highest BCUT2D eigenvalue weighted by molar-refractivity contribution is 6.18. The van der Waals surface area contributed by atoms with Gasteiger partial charge in [-0.1, -0.05) is 0 Å². The van der Waals surface area contributed by atoms with Crippen LogP contribution in [0.25, 0.3) is 10.9 Å². The van der Waals surface area contributed by atoms with Gasteiger partial charge in [0.25, 0.3) is 5.56 Å². The third kappa shape index (κ3) is 4.65. The summed E-state index contributed by atoms with van der Waals surface area (Å²) in [5, 5.41) is 1.04. The lowest BCUT2D eigenvalue weighted by molar-refractivity contribution is 0.310. The Kier molecular flexibility index (Phi) is 7.07. The van der Waals surface area contributed by atoms with Crippen molar-refractivity contribution in [1.82, 2.24) is 4.57 Å². The molecule has 0 saturated carbocycles. The van der Waals surface area contributed by atoms with E-state index >= 15 is 0 Å². The largest absolute Gasteiger partial charge is 0.494 e. The second-order valence-electron chi connectivity index (χ2n) is 5.18. The van der Waals surface area contributed by atoms with Gasteiger partial charge >= 0.3 is 0 Å². The van der Waals surface area contributed by atoms with Crippen LogP contribution in [0.4, 0.5) is 0 Å². The Balaban J connectivity index is 2.20. The number of hydrogen-bond acceptors (Lipinski definition) is 2. The lowest BCUT2D eigenvalue weighted by atomic mass is 10.2. The molecular formula is C17H21Cl2NO2. The van der Waals surface area contributed by atoms with E-state index in [4.69, 9.17) is 27.9 Å². The molecule has 1 aromatic carbocycles. The molecule has 1 heterocycles. The van der Waals surface area contributed by atoms with E-state index in [1.807, 2.05) is 24.3 Å². The van der Waals surface area contributed by atoms with Crippen molar-refractivity contribution in [3.63, 3.8) is 0 Å². The van der Waals surface area contributed by atoms with Crippen LogP contribution < -0.4 is 10.3 Å². The SMILES string of the molecule is O=c1ccc2ccc(OCCCCCl)cc2n1CCCCCl. The zero-order valence-corrected chi connectivity index (χ0v) is 14.1. The first-order valence-corrected chi connectivity index (χ1v) is 8.71. The van der Waals surface area contributed by atoms with Crippen molar-refractivity contribution in [1.29, 1.82) is 0 Å². The molecule has 120 valence electrons. The van der Waals surface area contributed by atoms with Crippen LogP contribution in [0.15, 0.2) is 35.1 Å². The number of unbranched alkanes of at least 4 members (excludes halogenated alkanes) is 2. The number of pyridine rings is 1. The Bertz CT molecular complexity index is 655. The fraction of sp³-hybridized carbons (Fsp3) is 0.471. The van der Waals surface area contributed by atoms with Crippen LogP contribution in [0.3, 0.4) is 0 Å². The molecule has 5 heteroatoms. The topological polar surface area (TPSA) is 31.2 Å². The number of halogens is 2. The highest BCUT2D eigenvalue weighted by atomic mass is 35.5. The predicted octanol–water partition coefficient (Wildman–Crippen LogP) is 4.42. The summed E-state index contributed by atoms with van der Waals surface area (Å²) in [6, 6.07) is 9.34. The average Bonchev–Trinajstić information content (AvgIpc) is 2.54. The van der Waals surface area contributed by atoms with Gasteiger partial charge in [0.15, 0.2) is 0 Å². The Labute approximate surface area is 140 Å². The first-order valence-electron chi connectivity index (χ1n) is 7.64. The molecule has 0 spiro atoms. The molecule has 0 atom stereocenters. The van der Waals surface area contributed by atoms with Crippen molar-refractivity contribution in [3.05, 3.63) is 40.7 Å². The van der Waals surface area contributed by atoms with Gasteiger partial charge in [0.2, 0.25) is 0 Å². The minimum absolute atomic E-state index is 0.0152. The van der Waals surface area contributed by atoms with Gasteiger partial charge < -0.3 is 9.30 Å². The molecule has 0 aliphatic carbocycles. The number of fused-ring (bicyclic) bond motifs is 1. The molecule has 0 amide bonds. The van der Waals surface area contributed by atoms with E-state index in [0.717, 1.165) is 42.3 Å². The summed E-state index contributed by atoms with van der Waals surface area (Å²) in [5.74, 6) is 2.06. The maximum atomic E-state index is 12.1. The normalized spacial score (nSPS) is 11.0. The van der Waals surface area contributed by atoms with Gasteiger partial charge in [0, 0.05) is 30.4 Å². The minimum atomic E-state index is 0.0152. The number of ether oxygens (including phenoxy) is 1. The van der Waals surface area contributed by atoms with Crippen LogP contribution in [0.5, 0.6) is 5.75 Å². The number of alkyl halides is 2. The van der Waals surface area contributed by atoms with E-state index in [1.54, 1.807) is 10.6 Å². The number of aryl methyl sites for hydroxylation is 1. The van der Waals surface area contributed by atoms with Crippen LogP contribution in [-0.4, -0.2) is 22.9 Å². The molecule has 1 aromatic heterocycles. The van der Waals surface area contributed by atoms with Gasteiger partial charge in [0.05, 0.1) is 12.1 Å². The molecule has 3 nitrogen and oxygen atoms in total. The van der Waals surface area contributed by atoms with Gasteiger partial charge in [-0.2, -0.15) is 0 Å². The molecule has 2 aromatic rings. The van der Waals surface area contributed by atoms with E-state index in [-0.39, 0.29) is 5.56 Å². The van der Waals surface area contributed by atoms with E-state index in [9.17, 15) is 4.79 Å². The number of hydrogen-bond donors (Lipinski definition) is 0. The van der Waals surface area contributed by atoms with E-state index < -0.39 is 0 Å². The Morgan fingerprint density at radius 2 is 1.68 bits per heavy atom. The van der Waals surface area contributed by atoms with E-state index in [2.05, 4.69) is 0 Å². The van der Waals surface area contributed by atoms with Crippen LogP contribution in [0, 0.1) is 0 Å². The molecule has 0 aliphatic heterocycles. The van der Waals surface area contributed by atoms with Crippen LogP contribution in [0.2, 0.25) is 0 Å². The zero-order valence-electron chi connectivity index (χ0n) is 12.6. The summed E-state index contributed by atoms with van der Waals surface area (Å²) >= 11 is 11.4. The van der Waals surface area contributed by atoms with Crippen molar-refractivity contribution in [2.45, 2.75) is 32.2 Å². The zero-order chi connectivity index (χ0) is 15.8. The monoisotopic (exact) mass is 341 g/mol. The second kappa shape index (κ2) is 9.06. The molecular weight excluding hydrogens is 321 g/mol. The summed E-state index contributed by atoms with van der Waals surface area (Å²) in [6.07, 6.45) is 3.67. The second-order valence-corrected chi connectivity index (χ2v) is 5.94. The lowest BCUT2D eigenvalue weighted by Gasteiger charge is -2.12. The summed E-state index contributed by atoms with van der Waals surface area (Å²) in [6.45, 7) is 1.32. The van der Waals surface area contributed by atoms with E-state index in [1.165, 1.54) is 0 Å². The molecule has 2 rings (SSSR count). The van der Waals surface area contributed by atoms with Crippen molar-refractivity contribution >= 4 is 34.1 Å². The summed E-state index contributed by atoms with van der Waals surface area (Å²) in [4.78, 5) is 12.1. The molecule has 0 saturated heterocycles. The maximum absolute atomic E-state index is 12.1. The Morgan fingerprint density at radius 1 is 0.955 bits per heavy atom. The molecule has 0 aliphatic rings. The van der Waals surface area contributed by atoms with Crippen molar-refractivity contribution in [3.8, 4) is 5.75 Å². The maximum Gasteiger partial charge on any atom is 0.251 e. The standard InChI is InChI=1S/C17H21Cl2NO2/c18-9-1-3-11-20-16-13-15(22-12-4-2-10-19)7-5-14(16)6-8-17(20)21/h5-8,13H,1-4,9-12H2. The number of benzene rings is 1. The highest BCUT2D eigenvalue weighted by Gasteiger charge is 2.05. The van der Waals surface area contributed by atoms with Gasteiger partial charge in [-0.25, -0.2) is 0 Å². The Hall–Kier alpha value is -1.19. The fourth-order valence-electron chi connectivity index (χ4n) is 2.34. The summed E-state index contributed by atoms with van der Waals surface area (Å²) in [7, 11) is 0. The summed E-state index contributed by atoms with van der Waals surface area (Å²) in [5.41, 5.74) is 0.929. The minimum Gasteiger partial charge on any atom is -0.494 e. The van der Waals surface area contributed by atoms with Crippen molar-refractivity contribution < 1.29 is 4.74 Å². The van der Waals surface area contributed by atoms with Crippen LogP contribution in [-0.2, 0) is 6.54 Å². The highest BCUT2D eigenvalue weighted by Crippen LogP contribution is 2.20. The molecule has 0 fully saturated rings. The first-order chi connectivity index (χ1) is 10.8. The number of aromatic nitrogens is 1. The van der Waals surface area contributed by atoms with Gasteiger partial charge in [-0.15, -0.1) is 23.2 Å². The lowest BCUT2D eigenvalue weighted by Crippen LogP contribution is -2.19. The predicted molar refractivity (Wildman–Crippen MR) is 93.6 cm³/mol. The van der Waals surface area contributed by atoms with Crippen LogP contribution in [0.1, 0.15) is 25.7 Å². The number of nitrogens with zero attached hydrogens (tertiary/aromatic N) is 1. The quantitative estimate of drug-likeness (QED) is 0.499. The van der Waals surface area contributed by atoms with Crippen molar-refractivity contribution in [2.75, 3.05) is 18.4 Å². The van der Waals surface area contributed by atoms with E-state index in [0.29, 0.717) is 24.9 Å².